The third-order valence-electron chi connectivity index (χ3n) is 6.14. The summed E-state index contributed by atoms with van der Waals surface area (Å²) < 4.78 is 53.4. The molecule has 1 aromatic heterocycles. The number of rotatable bonds is 10. The van der Waals surface area contributed by atoms with Crippen LogP contribution in [-0.2, 0) is 26.0 Å². The van der Waals surface area contributed by atoms with Gasteiger partial charge in [-0.1, -0.05) is 32.1 Å². The fourth-order valence-electron chi connectivity index (χ4n) is 4.25. The van der Waals surface area contributed by atoms with Gasteiger partial charge in [0.05, 0.1) is 28.9 Å². The van der Waals surface area contributed by atoms with Crippen molar-refractivity contribution < 1.29 is 31.9 Å². The van der Waals surface area contributed by atoms with E-state index in [4.69, 9.17) is 4.74 Å². The molecule has 1 aliphatic heterocycles. The van der Waals surface area contributed by atoms with Crippen LogP contribution in [0.4, 0.5) is 10.1 Å². The Bertz CT molecular complexity index is 1490. The Morgan fingerprint density at radius 3 is 2.76 bits per heavy atom. The van der Waals surface area contributed by atoms with Gasteiger partial charge in [-0.05, 0) is 42.9 Å². The summed E-state index contributed by atoms with van der Waals surface area (Å²) >= 11 is 0. The Balaban J connectivity index is 1.77. The number of nitrogens with one attached hydrogen (secondary N) is 1. The maximum atomic E-state index is 14.0. The van der Waals surface area contributed by atoms with Crippen LogP contribution < -0.4 is 9.46 Å². The number of fused-ring (bicyclic) bond motifs is 3. The number of hydrogen-bond acceptors (Lipinski definition) is 8. The summed E-state index contributed by atoms with van der Waals surface area (Å²) in [5, 5.41) is 0.581. The van der Waals surface area contributed by atoms with Crippen molar-refractivity contribution in [1.29, 1.82) is 0 Å². The van der Waals surface area contributed by atoms with Gasteiger partial charge in [-0.3, -0.25) is 14.5 Å². The van der Waals surface area contributed by atoms with Crippen LogP contribution in [0.1, 0.15) is 35.3 Å². The smallest absolute Gasteiger partial charge is 0.350 e. The quantitative estimate of drug-likeness (QED) is 0.241. The molecule has 1 aliphatic rings. The first-order valence-electron chi connectivity index (χ1n) is 11.7. The van der Waals surface area contributed by atoms with Crippen molar-refractivity contribution in [2.24, 2.45) is 0 Å². The van der Waals surface area contributed by atoms with E-state index >= 15 is 0 Å². The highest BCUT2D eigenvalue weighted by Crippen LogP contribution is 2.36. The molecule has 0 saturated carbocycles. The molecule has 0 fully saturated rings. The number of halogens is 1. The summed E-state index contributed by atoms with van der Waals surface area (Å²) in [4.78, 5) is 29.9. The first-order chi connectivity index (χ1) is 17.8. The predicted octanol–water partition coefficient (Wildman–Crippen LogP) is 3.78. The summed E-state index contributed by atoms with van der Waals surface area (Å²) in [5.41, 5.74) is 0.774. The Kier molecular flexibility index (Phi) is 7.84. The zero-order valence-electron chi connectivity index (χ0n) is 20.4. The molecule has 2 heterocycles. The Morgan fingerprint density at radius 2 is 2.03 bits per heavy atom. The standard InChI is InChI=1S/C26H26FN3O6S/c1-3-30(4-2)12-5-6-17-14-18(27)7-10-23(17)37(33,34)29-21-9-8-20-19-11-13-35-22(19)15-28-25(20)24(21)26(32)36-16-31/h5-10,14-16,29H,3-4,11-13H2,1-2H3. The molecule has 0 aliphatic carbocycles. The van der Waals surface area contributed by atoms with Crippen molar-refractivity contribution in [1.82, 2.24) is 9.88 Å². The maximum Gasteiger partial charge on any atom is 0.350 e. The monoisotopic (exact) mass is 527 g/mol. The van der Waals surface area contributed by atoms with E-state index in [1.165, 1.54) is 12.3 Å². The molecular formula is C26H26FN3O6S. The number of aromatic nitrogens is 1. The molecule has 0 radical (unpaired) electrons. The molecule has 11 heteroatoms. The van der Waals surface area contributed by atoms with Gasteiger partial charge in [-0.15, -0.1) is 0 Å². The Hall–Kier alpha value is -3.83. The van der Waals surface area contributed by atoms with Gasteiger partial charge < -0.3 is 14.4 Å². The number of esters is 1. The molecular weight excluding hydrogens is 501 g/mol. The Labute approximate surface area is 213 Å². The van der Waals surface area contributed by atoms with Crippen LogP contribution in [0, 0.1) is 5.82 Å². The van der Waals surface area contributed by atoms with Crippen LogP contribution in [0.25, 0.3) is 17.0 Å². The Morgan fingerprint density at radius 1 is 1.24 bits per heavy atom. The number of hydrogen-bond donors (Lipinski definition) is 1. The van der Waals surface area contributed by atoms with Gasteiger partial charge in [0.2, 0.25) is 0 Å². The van der Waals surface area contributed by atoms with Crippen LogP contribution in [0.2, 0.25) is 0 Å². The zero-order chi connectivity index (χ0) is 26.6. The van der Waals surface area contributed by atoms with Crippen molar-refractivity contribution in [2.75, 3.05) is 31.0 Å². The van der Waals surface area contributed by atoms with Gasteiger partial charge in [-0.2, -0.15) is 0 Å². The van der Waals surface area contributed by atoms with E-state index in [0.29, 0.717) is 30.7 Å². The van der Waals surface area contributed by atoms with E-state index in [1.54, 1.807) is 18.2 Å². The van der Waals surface area contributed by atoms with E-state index < -0.39 is 21.8 Å². The molecule has 0 bridgehead atoms. The van der Waals surface area contributed by atoms with Crippen LogP contribution >= 0.6 is 0 Å². The maximum absolute atomic E-state index is 14.0. The van der Waals surface area contributed by atoms with Crippen molar-refractivity contribution in [3.63, 3.8) is 0 Å². The van der Waals surface area contributed by atoms with Crippen molar-refractivity contribution >= 4 is 45.1 Å². The summed E-state index contributed by atoms with van der Waals surface area (Å²) in [6.45, 7) is 6.60. The molecule has 9 nitrogen and oxygen atoms in total. The summed E-state index contributed by atoms with van der Waals surface area (Å²) in [7, 11) is -4.30. The van der Waals surface area contributed by atoms with E-state index in [1.807, 2.05) is 13.8 Å². The second kappa shape index (κ2) is 11.1. The molecule has 1 N–H and O–H groups in total. The topological polar surface area (TPSA) is 115 Å². The molecule has 3 aromatic rings. The van der Waals surface area contributed by atoms with Gasteiger partial charge >= 0.3 is 12.4 Å². The minimum absolute atomic E-state index is 0.0330. The number of sulfonamides is 1. The summed E-state index contributed by atoms with van der Waals surface area (Å²) in [6.07, 6.45) is 5.33. The molecule has 0 amide bonds. The van der Waals surface area contributed by atoms with E-state index in [0.717, 1.165) is 36.9 Å². The van der Waals surface area contributed by atoms with Gasteiger partial charge in [0.25, 0.3) is 10.0 Å². The number of pyridine rings is 1. The normalized spacial score (nSPS) is 13.1. The first-order valence-corrected chi connectivity index (χ1v) is 13.2. The number of anilines is 1. The fraction of sp³-hybridized carbons (Fsp3) is 0.269. The molecule has 0 spiro atoms. The van der Waals surface area contributed by atoms with E-state index in [2.05, 4.69) is 19.3 Å². The number of benzene rings is 2. The minimum atomic E-state index is -4.30. The molecule has 4 rings (SSSR count). The highest BCUT2D eigenvalue weighted by Gasteiger charge is 2.27. The average molecular weight is 528 g/mol. The van der Waals surface area contributed by atoms with Crippen molar-refractivity contribution in [3.05, 3.63) is 65.1 Å². The van der Waals surface area contributed by atoms with Gasteiger partial charge in [0, 0.05) is 23.9 Å². The van der Waals surface area contributed by atoms with Crippen LogP contribution in [-0.4, -0.2) is 57.0 Å². The molecule has 0 saturated heterocycles. The fourth-order valence-corrected chi connectivity index (χ4v) is 5.50. The van der Waals surface area contributed by atoms with Crippen molar-refractivity contribution in [2.45, 2.75) is 25.2 Å². The SMILES string of the molecule is CCN(CC)CC=Cc1cc(F)ccc1S(=O)(=O)Nc1ccc2c3c(cnc2c1C(=O)OC=O)OCC3. The van der Waals surface area contributed by atoms with Crippen LogP contribution in [0.5, 0.6) is 5.75 Å². The summed E-state index contributed by atoms with van der Waals surface area (Å²) in [6, 6.07) is 6.35. The molecule has 37 heavy (non-hydrogen) atoms. The van der Waals surface area contributed by atoms with Gasteiger partial charge in [-0.25, -0.2) is 17.6 Å². The number of nitrogens with zero attached hydrogens (tertiary/aromatic N) is 2. The predicted molar refractivity (Wildman–Crippen MR) is 136 cm³/mol. The third kappa shape index (κ3) is 5.47. The second-order valence-corrected chi connectivity index (χ2v) is 9.91. The lowest BCUT2D eigenvalue weighted by Gasteiger charge is -2.16. The molecule has 0 unspecified atom stereocenters. The lowest BCUT2D eigenvalue weighted by Crippen LogP contribution is -2.22. The lowest BCUT2D eigenvalue weighted by atomic mass is 10.0. The molecule has 0 atom stereocenters. The second-order valence-electron chi connectivity index (χ2n) is 8.26. The molecule has 194 valence electrons. The first kappa shape index (κ1) is 26.2. The minimum Gasteiger partial charge on any atom is -0.491 e. The van der Waals surface area contributed by atoms with Crippen LogP contribution in [0.15, 0.2) is 47.5 Å². The largest absolute Gasteiger partial charge is 0.491 e. The lowest BCUT2D eigenvalue weighted by molar-refractivity contribution is -0.123. The number of ether oxygens (including phenoxy) is 2. The average Bonchev–Trinajstić information content (AvgIpc) is 3.35. The summed E-state index contributed by atoms with van der Waals surface area (Å²) in [5.74, 6) is -1.09. The zero-order valence-corrected chi connectivity index (χ0v) is 21.2. The van der Waals surface area contributed by atoms with Crippen molar-refractivity contribution in [3.8, 4) is 5.75 Å². The van der Waals surface area contributed by atoms with Gasteiger partial charge in [0.15, 0.2) is 0 Å². The van der Waals surface area contributed by atoms with E-state index in [-0.39, 0.29) is 33.7 Å². The molecule has 2 aromatic carbocycles. The highest BCUT2D eigenvalue weighted by atomic mass is 32.2. The number of carbonyl (C=O) groups is 2. The highest BCUT2D eigenvalue weighted by molar-refractivity contribution is 7.92. The van der Waals surface area contributed by atoms with Gasteiger partial charge in [0.1, 0.15) is 17.1 Å². The van der Waals surface area contributed by atoms with E-state index in [9.17, 15) is 22.4 Å². The number of carbonyl (C=O) groups excluding carboxylic acids is 2. The number of likely N-dealkylation sites (N-methyl/N-ethyl adjacent to an activating group) is 1. The van der Waals surface area contributed by atoms with Crippen LogP contribution in [0.3, 0.4) is 0 Å². The third-order valence-corrected chi connectivity index (χ3v) is 7.58.